The van der Waals surface area contributed by atoms with Crippen LogP contribution < -0.4 is 10.2 Å². The van der Waals surface area contributed by atoms with Gasteiger partial charge in [-0.3, -0.25) is 4.68 Å². The summed E-state index contributed by atoms with van der Waals surface area (Å²) in [6.45, 7) is 5.92. The number of anilines is 1. The minimum absolute atomic E-state index is 0. The maximum Gasteiger partial charge on any atom is 0.194 e. The van der Waals surface area contributed by atoms with Crippen LogP contribution in [0.5, 0.6) is 0 Å². The molecule has 0 bridgehead atoms. The van der Waals surface area contributed by atoms with Gasteiger partial charge in [-0.2, -0.15) is 5.10 Å². The molecule has 1 fully saturated rings. The monoisotopic (exact) mass is 490 g/mol. The first-order valence-corrected chi connectivity index (χ1v) is 8.78. The molecule has 0 spiro atoms. The molecule has 1 aliphatic heterocycles. The molecule has 6 nitrogen and oxygen atoms in total. The van der Waals surface area contributed by atoms with Crippen LogP contribution in [0.15, 0.2) is 35.5 Å². The van der Waals surface area contributed by atoms with Crippen molar-refractivity contribution in [3.05, 3.63) is 47.8 Å². The maximum atomic E-state index is 14.0. The summed E-state index contributed by atoms with van der Waals surface area (Å²) >= 11 is 0. The molecule has 1 N–H and O–H groups in total. The maximum absolute atomic E-state index is 14.0. The van der Waals surface area contributed by atoms with E-state index in [0.29, 0.717) is 38.4 Å². The van der Waals surface area contributed by atoms with Crippen LogP contribution in [0.3, 0.4) is 0 Å². The highest BCUT2D eigenvalue weighted by molar-refractivity contribution is 14.0. The van der Waals surface area contributed by atoms with E-state index < -0.39 is 11.6 Å². The smallest absolute Gasteiger partial charge is 0.194 e. The quantitative estimate of drug-likeness (QED) is 0.407. The summed E-state index contributed by atoms with van der Waals surface area (Å²) in [5.74, 6) is 0.0135. The van der Waals surface area contributed by atoms with Crippen molar-refractivity contribution in [3.63, 3.8) is 0 Å². The van der Waals surface area contributed by atoms with Gasteiger partial charge in [0.1, 0.15) is 11.6 Å². The zero-order valence-electron chi connectivity index (χ0n) is 15.5. The molecule has 2 aromatic rings. The average molecular weight is 490 g/mol. The number of hydrogen-bond donors (Lipinski definition) is 1. The van der Waals surface area contributed by atoms with Crippen LogP contribution >= 0.6 is 24.0 Å². The second kappa shape index (κ2) is 9.86. The molecule has 0 amide bonds. The highest BCUT2D eigenvalue weighted by Gasteiger charge is 2.22. The zero-order chi connectivity index (χ0) is 18.5. The molecule has 0 radical (unpaired) electrons. The van der Waals surface area contributed by atoms with Crippen molar-refractivity contribution in [2.75, 3.05) is 37.6 Å². The number of aliphatic imine (C=N–C) groups is 1. The Labute approximate surface area is 175 Å². The number of nitrogens with zero attached hydrogens (tertiary/aromatic N) is 5. The summed E-state index contributed by atoms with van der Waals surface area (Å²) < 4.78 is 29.2. The predicted octanol–water partition coefficient (Wildman–Crippen LogP) is 2.60. The summed E-state index contributed by atoms with van der Waals surface area (Å²) in [6.07, 6.45) is 1.75. The Hall–Kier alpha value is -1.91. The third kappa shape index (κ3) is 5.30. The molecule has 0 atom stereocenters. The van der Waals surface area contributed by atoms with Gasteiger partial charge < -0.3 is 15.1 Å². The van der Waals surface area contributed by atoms with Gasteiger partial charge in [0.2, 0.25) is 0 Å². The standard InChI is InChI=1S/C18H24F2N6.HI/c1-3-21-18(22-13-15-6-7-23-24(15)2)26-10-8-25(9-11-26)17-12-14(19)4-5-16(17)20;/h4-7,12H,3,8-11,13H2,1-2H3,(H,21,22);1H. The van der Waals surface area contributed by atoms with E-state index in [0.717, 1.165) is 24.3 Å². The average Bonchev–Trinajstić information content (AvgIpc) is 3.06. The van der Waals surface area contributed by atoms with E-state index in [-0.39, 0.29) is 24.0 Å². The summed E-state index contributed by atoms with van der Waals surface area (Å²) in [7, 11) is 1.89. The molecule has 1 aromatic heterocycles. The van der Waals surface area contributed by atoms with Crippen molar-refractivity contribution in [1.29, 1.82) is 0 Å². The van der Waals surface area contributed by atoms with Crippen LogP contribution in [0.2, 0.25) is 0 Å². The highest BCUT2D eigenvalue weighted by atomic mass is 127. The number of halogens is 3. The van der Waals surface area contributed by atoms with Gasteiger partial charge in [0.25, 0.3) is 0 Å². The summed E-state index contributed by atoms with van der Waals surface area (Å²) in [5, 5.41) is 7.46. The molecule has 0 saturated carbocycles. The second-order valence-electron chi connectivity index (χ2n) is 6.19. The number of aryl methyl sites for hydroxylation is 1. The van der Waals surface area contributed by atoms with Crippen LogP contribution in [-0.4, -0.2) is 53.4 Å². The lowest BCUT2D eigenvalue weighted by Gasteiger charge is -2.37. The van der Waals surface area contributed by atoms with Crippen molar-refractivity contribution in [2.24, 2.45) is 12.0 Å². The van der Waals surface area contributed by atoms with Crippen LogP contribution in [0.4, 0.5) is 14.5 Å². The molecular formula is C18H25F2IN6. The van der Waals surface area contributed by atoms with Gasteiger partial charge in [0.15, 0.2) is 5.96 Å². The van der Waals surface area contributed by atoms with Gasteiger partial charge in [0.05, 0.1) is 17.9 Å². The fraction of sp³-hybridized carbons (Fsp3) is 0.444. The second-order valence-corrected chi connectivity index (χ2v) is 6.19. The fourth-order valence-electron chi connectivity index (χ4n) is 3.03. The first-order valence-electron chi connectivity index (χ1n) is 8.78. The van der Waals surface area contributed by atoms with Gasteiger partial charge in [-0.1, -0.05) is 0 Å². The summed E-state index contributed by atoms with van der Waals surface area (Å²) in [5.41, 5.74) is 1.35. The lowest BCUT2D eigenvalue weighted by Crippen LogP contribution is -2.52. The summed E-state index contributed by atoms with van der Waals surface area (Å²) in [6, 6.07) is 5.52. The van der Waals surface area contributed by atoms with Gasteiger partial charge in [-0.25, -0.2) is 13.8 Å². The number of rotatable bonds is 4. The topological polar surface area (TPSA) is 48.7 Å². The van der Waals surface area contributed by atoms with E-state index in [4.69, 9.17) is 0 Å². The molecule has 1 aliphatic rings. The first-order chi connectivity index (χ1) is 12.6. The number of benzene rings is 1. The van der Waals surface area contributed by atoms with Crippen LogP contribution in [0.25, 0.3) is 0 Å². The van der Waals surface area contributed by atoms with Crippen LogP contribution in [0, 0.1) is 11.6 Å². The first kappa shape index (κ1) is 21.4. The lowest BCUT2D eigenvalue weighted by molar-refractivity contribution is 0.370. The summed E-state index contributed by atoms with van der Waals surface area (Å²) in [4.78, 5) is 8.71. The number of aromatic nitrogens is 2. The van der Waals surface area contributed by atoms with E-state index >= 15 is 0 Å². The van der Waals surface area contributed by atoms with Crippen LogP contribution in [-0.2, 0) is 13.6 Å². The third-order valence-electron chi connectivity index (χ3n) is 4.48. The van der Waals surface area contributed by atoms with Crippen molar-refractivity contribution < 1.29 is 8.78 Å². The van der Waals surface area contributed by atoms with Crippen molar-refractivity contribution >= 4 is 35.6 Å². The Morgan fingerprint density at radius 3 is 2.56 bits per heavy atom. The predicted molar refractivity (Wildman–Crippen MR) is 114 cm³/mol. The zero-order valence-corrected chi connectivity index (χ0v) is 17.9. The number of guanidine groups is 1. The van der Waals surface area contributed by atoms with Crippen molar-refractivity contribution in [2.45, 2.75) is 13.5 Å². The van der Waals surface area contributed by atoms with Gasteiger partial charge in [-0.05, 0) is 25.1 Å². The van der Waals surface area contributed by atoms with Crippen molar-refractivity contribution in [1.82, 2.24) is 20.0 Å². The van der Waals surface area contributed by atoms with E-state index in [9.17, 15) is 8.78 Å². The van der Waals surface area contributed by atoms with Gasteiger partial charge in [-0.15, -0.1) is 24.0 Å². The normalized spacial score (nSPS) is 14.9. The molecule has 9 heteroatoms. The Morgan fingerprint density at radius 1 is 1.19 bits per heavy atom. The highest BCUT2D eigenvalue weighted by Crippen LogP contribution is 2.22. The minimum atomic E-state index is -0.421. The fourth-order valence-corrected chi connectivity index (χ4v) is 3.03. The van der Waals surface area contributed by atoms with Crippen LogP contribution in [0.1, 0.15) is 12.6 Å². The van der Waals surface area contributed by atoms with E-state index in [1.807, 2.05) is 24.9 Å². The van der Waals surface area contributed by atoms with Crippen molar-refractivity contribution in [3.8, 4) is 0 Å². The lowest BCUT2D eigenvalue weighted by atomic mass is 10.2. The Bertz CT molecular complexity index is 771. The Balaban J connectivity index is 0.00000261. The number of nitrogens with one attached hydrogen (secondary N) is 1. The molecule has 148 valence electrons. The van der Waals surface area contributed by atoms with Gasteiger partial charge in [0, 0.05) is 52.0 Å². The Morgan fingerprint density at radius 2 is 1.93 bits per heavy atom. The molecular weight excluding hydrogens is 465 g/mol. The van der Waals surface area contributed by atoms with E-state index in [2.05, 4.69) is 20.3 Å². The van der Waals surface area contributed by atoms with E-state index in [1.165, 1.54) is 12.1 Å². The minimum Gasteiger partial charge on any atom is -0.366 e. The van der Waals surface area contributed by atoms with Gasteiger partial charge >= 0.3 is 0 Å². The molecule has 1 saturated heterocycles. The number of piperazine rings is 1. The molecule has 27 heavy (non-hydrogen) atoms. The SMILES string of the molecule is CCNC(=NCc1ccnn1C)N1CCN(c2cc(F)ccc2F)CC1.I. The molecule has 0 aliphatic carbocycles. The molecule has 2 heterocycles. The van der Waals surface area contributed by atoms with E-state index in [1.54, 1.807) is 10.9 Å². The third-order valence-corrected chi connectivity index (χ3v) is 4.48. The molecule has 0 unspecified atom stereocenters. The molecule has 3 rings (SSSR count). The molecule has 1 aromatic carbocycles. The largest absolute Gasteiger partial charge is 0.366 e. The number of hydrogen-bond acceptors (Lipinski definition) is 3. The Kier molecular flexibility index (Phi) is 7.81.